The van der Waals surface area contributed by atoms with Crippen LogP contribution in [0.15, 0.2) is 35.3 Å². The largest absolute Gasteiger partial charge is 0.464 e. The average molecular weight is 391 g/mol. The molecule has 0 spiro atoms. The number of nitrogens with one attached hydrogen (secondary N) is 2. The summed E-state index contributed by atoms with van der Waals surface area (Å²) in [6, 6.07) is 7.62. The number of rotatable bonds is 11. The summed E-state index contributed by atoms with van der Waals surface area (Å²) in [5.41, 5.74) is 11.5. The third-order valence-corrected chi connectivity index (χ3v) is 3.81. The van der Waals surface area contributed by atoms with Crippen molar-refractivity contribution in [3.63, 3.8) is 0 Å². The maximum atomic E-state index is 12.7. The lowest BCUT2D eigenvalue weighted by molar-refractivity contribution is -0.147. The Morgan fingerprint density at radius 2 is 1.79 bits per heavy atom. The molecule has 2 atom stereocenters. The molecule has 9 nitrogen and oxygen atoms in total. The van der Waals surface area contributed by atoms with Gasteiger partial charge in [0.25, 0.3) is 0 Å². The number of carbonyl (C=O) groups excluding carboxylic acids is 3. The van der Waals surface area contributed by atoms with E-state index in [0.29, 0.717) is 25.8 Å². The first-order chi connectivity index (χ1) is 13.3. The van der Waals surface area contributed by atoms with Crippen molar-refractivity contribution in [2.75, 3.05) is 13.2 Å². The monoisotopic (exact) mass is 391 g/mol. The Labute approximate surface area is 164 Å². The minimum absolute atomic E-state index is 0.0368. The van der Waals surface area contributed by atoms with Crippen LogP contribution in [-0.2, 0) is 25.5 Å². The topological polar surface area (TPSA) is 149 Å². The molecule has 6 N–H and O–H groups in total. The summed E-state index contributed by atoms with van der Waals surface area (Å²) in [4.78, 5) is 40.3. The van der Waals surface area contributed by atoms with E-state index in [4.69, 9.17) is 16.2 Å². The van der Waals surface area contributed by atoms with Crippen LogP contribution >= 0.6 is 0 Å². The number of ether oxygens (including phenoxy) is 1. The van der Waals surface area contributed by atoms with Crippen molar-refractivity contribution < 1.29 is 19.1 Å². The van der Waals surface area contributed by atoms with Crippen molar-refractivity contribution in [1.82, 2.24) is 10.6 Å². The maximum Gasteiger partial charge on any atom is 0.328 e. The fourth-order valence-electron chi connectivity index (χ4n) is 2.57. The Morgan fingerprint density at radius 3 is 2.36 bits per heavy atom. The van der Waals surface area contributed by atoms with Crippen molar-refractivity contribution in [3.8, 4) is 0 Å². The number of nitrogens with zero attached hydrogens (tertiary/aromatic N) is 1. The van der Waals surface area contributed by atoms with Crippen LogP contribution in [-0.4, -0.2) is 49.0 Å². The Bertz CT molecular complexity index is 674. The van der Waals surface area contributed by atoms with Gasteiger partial charge in [0, 0.05) is 19.9 Å². The van der Waals surface area contributed by atoms with Crippen LogP contribution in [0, 0.1) is 0 Å². The molecular weight excluding hydrogens is 362 g/mol. The minimum Gasteiger partial charge on any atom is -0.464 e. The van der Waals surface area contributed by atoms with E-state index in [1.54, 1.807) is 6.92 Å². The normalized spacial score (nSPS) is 12.4. The van der Waals surface area contributed by atoms with E-state index in [9.17, 15) is 14.4 Å². The fraction of sp³-hybridized carbons (Fsp3) is 0.474. The molecule has 0 aliphatic carbocycles. The van der Waals surface area contributed by atoms with E-state index in [-0.39, 0.29) is 18.5 Å². The first-order valence-corrected chi connectivity index (χ1v) is 9.16. The van der Waals surface area contributed by atoms with Crippen LogP contribution in [0.4, 0.5) is 0 Å². The number of benzene rings is 1. The zero-order valence-corrected chi connectivity index (χ0v) is 16.3. The molecule has 28 heavy (non-hydrogen) atoms. The highest BCUT2D eigenvalue weighted by molar-refractivity contribution is 5.90. The highest BCUT2D eigenvalue weighted by Gasteiger charge is 2.27. The predicted molar refractivity (Wildman–Crippen MR) is 106 cm³/mol. The highest BCUT2D eigenvalue weighted by atomic mass is 16.5. The van der Waals surface area contributed by atoms with Crippen molar-refractivity contribution in [3.05, 3.63) is 35.9 Å². The quantitative estimate of drug-likeness (QED) is 0.178. The van der Waals surface area contributed by atoms with Gasteiger partial charge >= 0.3 is 5.97 Å². The number of nitrogens with two attached hydrogens (primary N) is 2. The van der Waals surface area contributed by atoms with Gasteiger partial charge in [-0.3, -0.25) is 14.6 Å². The molecule has 0 saturated heterocycles. The summed E-state index contributed by atoms with van der Waals surface area (Å²) in [6.07, 6.45) is 1.08. The summed E-state index contributed by atoms with van der Waals surface area (Å²) in [5, 5.41) is 5.30. The van der Waals surface area contributed by atoms with Gasteiger partial charge in [-0.1, -0.05) is 30.3 Å². The molecule has 9 heteroatoms. The summed E-state index contributed by atoms with van der Waals surface area (Å²) in [7, 11) is 0. The van der Waals surface area contributed by atoms with Gasteiger partial charge in [0.2, 0.25) is 11.8 Å². The second-order valence-electron chi connectivity index (χ2n) is 6.20. The van der Waals surface area contributed by atoms with Gasteiger partial charge in [-0.15, -0.1) is 0 Å². The maximum absolute atomic E-state index is 12.7. The van der Waals surface area contributed by atoms with Gasteiger partial charge in [-0.25, -0.2) is 4.79 Å². The average Bonchev–Trinajstić information content (AvgIpc) is 2.64. The molecule has 0 heterocycles. The first-order valence-electron chi connectivity index (χ1n) is 9.16. The Balaban J connectivity index is 2.82. The van der Waals surface area contributed by atoms with Crippen LogP contribution in [0.2, 0.25) is 0 Å². The molecular formula is C19H29N5O4. The van der Waals surface area contributed by atoms with E-state index < -0.39 is 24.0 Å². The number of esters is 1. The van der Waals surface area contributed by atoms with Gasteiger partial charge in [-0.05, 0) is 25.3 Å². The van der Waals surface area contributed by atoms with E-state index in [2.05, 4.69) is 15.6 Å². The Kier molecular flexibility index (Phi) is 10.1. The lowest BCUT2D eigenvalue weighted by Gasteiger charge is -2.22. The van der Waals surface area contributed by atoms with Crippen LogP contribution in [0.5, 0.6) is 0 Å². The Morgan fingerprint density at radius 1 is 1.11 bits per heavy atom. The highest BCUT2D eigenvalue weighted by Crippen LogP contribution is 2.06. The summed E-state index contributed by atoms with van der Waals surface area (Å²) in [5.74, 6) is -1.37. The number of guanidine groups is 1. The molecule has 0 radical (unpaired) electrons. The standard InChI is InChI=1S/C19H29N5O4/c1-3-28-18(27)15(10-7-11-22-19(20)21)24-17(26)16(23-13(2)25)12-14-8-5-4-6-9-14/h4-6,8-9,15-16H,3,7,10-12H2,1-2H3,(H,23,25)(H,24,26)(H4,20,21,22). The smallest absolute Gasteiger partial charge is 0.328 e. The molecule has 1 rings (SSSR count). The van der Waals surface area contributed by atoms with E-state index in [0.717, 1.165) is 5.56 Å². The zero-order valence-electron chi connectivity index (χ0n) is 16.3. The molecule has 0 aromatic heterocycles. The van der Waals surface area contributed by atoms with E-state index >= 15 is 0 Å². The number of aliphatic imine (C=N–C) groups is 1. The number of amides is 2. The molecule has 0 saturated carbocycles. The van der Waals surface area contributed by atoms with Gasteiger partial charge in [0.1, 0.15) is 12.1 Å². The molecule has 0 bridgehead atoms. The molecule has 2 amide bonds. The molecule has 0 aliphatic rings. The van der Waals surface area contributed by atoms with E-state index in [1.165, 1.54) is 6.92 Å². The lowest BCUT2D eigenvalue weighted by atomic mass is 10.0. The molecule has 1 aromatic rings. The zero-order chi connectivity index (χ0) is 20.9. The van der Waals surface area contributed by atoms with Crippen LogP contribution in [0.25, 0.3) is 0 Å². The minimum atomic E-state index is -0.853. The van der Waals surface area contributed by atoms with Gasteiger partial charge in [0.05, 0.1) is 6.61 Å². The van der Waals surface area contributed by atoms with Crippen molar-refractivity contribution >= 4 is 23.7 Å². The second-order valence-corrected chi connectivity index (χ2v) is 6.20. The second kappa shape index (κ2) is 12.3. The Hall–Kier alpha value is -3.10. The van der Waals surface area contributed by atoms with Crippen LogP contribution in [0.1, 0.15) is 32.3 Å². The van der Waals surface area contributed by atoms with Crippen molar-refractivity contribution in [2.45, 2.75) is 45.2 Å². The SMILES string of the molecule is CCOC(=O)C(CCCN=C(N)N)NC(=O)C(Cc1ccccc1)NC(C)=O. The molecule has 0 fully saturated rings. The molecule has 0 aliphatic heterocycles. The molecule has 154 valence electrons. The first kappa shape index (κ1) is 22.9. The van der Waals surface area contributed by atoms with Gasteiger partial charge < -0.3 is 26.8 Å². The van der Waals surface area contributed by atoms with Crippen LogP contribution < -0.4 is 22.1 Å². The van der Waals surface area contributed by atoms with Gasteiger partial charge in [-0.2, -0.15) is 0 Å². The summed E-state index contributed by atoms with van der Waals surface area (Å²) in [6.45, 7) is 3.54. The van der Waals surface area contributed by atoms with Gasteiger partial charge in [0.15, 0.2) is 5.96 Å². The third-order valence-electron chi connectivity index (χ3n) is 3.81. The molecule has 1 aromatic carbocycles. The third kappa shape index (κ3) is 9.02. The number of carbonyl (C=O) groups is 3. The number of hydrogen-bond acceptors (Lipinski definition) is 5. The van der Waals surface area contributed by atoms with Crippen molar-refractivity contribution in [2.24, 2.45) is 16.5 Å². The van der Waals surface area contributed by atoms with Crippen LogP contribution in [0.3, 0.4) is 0 Å². The number of hydrogen-bond donors (Lipinski definition) is 4. The van der Waals surface area contributed by atoms with Crippen molar-refractivity contribution in [1.29, 1.82) is 0 Å². The lowest BCUT2D eigenvalue weighted by Crippen LogP contribution is -2.52. The summed E-state index contributed by atoms with van der Waals surface area (Å²) < 4.78 is 5.04. The fourth-order valence-corrected chi connectivity index (χ4v) is 2.57. The molecule has 2 unspecified atom stereocenters. The summed E-state index contributed by atoms with van der Waals surface area (Å²) >= 11 is 0. The predicted octanol–water partition coefficient (Wildman–Crippen LogP) is -0.165. The van der Waals surface area contributed by atoms with E-state index in [1.807, 2.05) is 30.3 Å².